The molecule has 0 fully saturated rings. The van der Waals surface area contributed by atoms with E-state index in [1.54, 1.807) is 6.20 Å². The molecule has 0 spiro atoms. The predicted molar refractivity (Wildman–Crippen MR) is 74.0 cm³/mol. The van der Waals surface area contributed by atoms with E-state index in [0.717, 1.165) is 35.7 Å². The molecule has 6 nitrogen and oxygen atoms in total. The predicted octanol–water partition coefficient (Wildman–Crippen LogP) is 1.66. The number of aromatic nitrogens is 3. The van der Waals surface area contributed by atoms with Crippen molar-refractivity contribution >= 4 is 0 Å². The van der Waals surface area contributed by atoms with Gasteiger partial charge in [0.05, 0.1) is 25.5 Å². The lowest BCUT2D eigenvalue weighted by atomic mass is 10.0. The largest absolute Gasteiger partial charge is 0.490 e. The van der Waals surface area contributed by atoms with E-state index in [1.807, 2.05) is 18.2 Å². The second-order valence-electron chi connectivity index (χ2n) is 4.64. The van der Waals surface area contributed by atoms with Gasteiger partial charge in [-0.2, -0.15) is 15.4 Å². The van der Waals surface area contributed by atoms with Crippen molar-refractivity contribution in [1.29, 1.82) is 0 Å². The number of rotatable bonds is 4. The topological polar surface area (TPSA) is 72.1 Å². The van der Waals surface area contributed by atoms with Crippen molar-refractivity contribution in [3.63, 3.8) is 0 Å². The molecule has 0 saturated carbocycles. The van der Waals surface area contributed by atoms with Gasteiger partial charge in [0.1, 0.15) is 5.69 Å². The van der Waals surface area contributed by atoms with Crippen molar-refractivity contribution in [2.75, 3.05) is 19.8 Å². The number of hydrogen-bond acceptors (Lipinski definition) is 5. The fourth-order valence-corrected chi connectivity index (χ4v) is 2.31. The summed E-state index contributed by atoms with van der Waals surface area (Å²) in [6, 6.07) is 6.01. The van der Waals surface area contributed by atoms with Crippen LogP contribution < -0.4 is 14.8 Å². The maximum absolute atomic E-state index is 5.74. The van der Waals surface area contributed by atoms with Crippen molar-refractivity contribution in [2.45, 2.75) is 19.4 Å². The Balaban J connectivity index is 1.93. The van der Waals surface area contributed by atoms with Gasteiger partial charge in [-0.25, -0.2) is 0 Å². The van der Waals surface area contributed by atoms with Crippen LogP contribution in [0.4, 0.5) is 0 Å². The van der Waals surface area contributed by atoms with E-state index in [2.05, 4.69) is 27.7 Å². The van der Waals surface area contributed by atoms with Crippen molar-refractivity contribution in [3.05, 3.63) is 35.7 Å². The highest BCUT2D eigenvalue weighted by atomic mass is 16.5. The van der Waals surface area contributed by atoms with Crippen LogP contribution >= 0.6 is 0 Å². The summed E-state index contributed by atoms with van der Waals surface area (Å²) < 4.78 is 11.4. The summed E-state index contributed by atoms with van der Waals surface area (Å²) in [4.78, 5) is 0. The minimum Gasteiger partial charge on any atom is -0.490 e. The van der Waals surface area contributed by atoms with Crippen LogP contribution in [0.3, 0.4) is 0 Å². The van der Waals surface area contributed by atoms with E-state index >= 15 is 0 Å². The number of benzene rings is 1. The summed E-state index contributed by atoms with van der Waals surface area (Å²) in [5.74, 6) is 1.60. The van der Waals surface area contributed by atoms with Crippen molar-refractivity contribution in [3.8, 4) is 11.5 Å². The molecule has 1 aliphatic rings. The zero-order chi connectivity index (χ0) is 13.8. The molecule has 0 radical (unpaired) electrons. The van der Waals surface area contributed by atoms with Gasteiger partial charge in [0.15, 0.2) is 11.5 Å². The van der Waals surface area contributed by atoms with E-state index in [-0.39, 0.29) is 6.04 Å². The Bertz CT molecular complexity index is 556. The van der Waals surface area contributed by atoms with Gasteiger partial charge >= 0.3 is 0 Å². The van der Waals surface area contributed by atoms with Gasteiger partial charge in [-0.1, -0.05) is 13.0 Å². The van der Waals surface area contributed by atoms with Crippen molar-refractivity contribution in [1.82, 2.24) is 20.7 Å². The van der Waals surface area contributed by atoms with Gasteiger partial charge < -0.3 is 14.8 Å². The van der Waals surface area contributed by atoms with E-state index in [0.29, 0.717) is 13.2 Å². The van der Waals surface area contributed by atoms with Gasteiger partial charge in [0.25, 0.3) is 0 Å². The maximum atomic E-state index is 5.74. The van der Waals surface area contributed by atoms with Crippen LogP contribution in [-0.4, -0.2) is 35.2 Å². The van der Waals surface area contributed by atoms with E-state index in [1.165, 1.54) is 0 Å². The van der Waals surface area contributed by atoms with E-state index < -0.39 is 0 Å². The summed E-state index contributed by atoms with van der Waals surface area (Å²) in [6.45, 7) is 4.29. The molecular formula is C14H18N4O2. The molecule has 0 amide bonds. The van der Waals surface area contributed by atoms with Crippen LogP contribution in [0.1, 0.15) is 30.6 Å². The van der Waals surface area contributed by atoms with Gasteiger partial charge in [-0.05, 0) is 24.2 Å². The molecule has 1 aromatic carbocycles. The molecule has 3 rings (SSSR count). The molecule has 2 N–H and O–H groups in total. The zero-order valence-electron chi connectivity index (χ0n) is 11.4. The monoisotopic (exact) mass is 274 g/mol. The molecule has 0 bridgehead atoms. The lowest BCUT2D eigenvalue weighted by Crippen LogP contribution is -2.22. The maximum Gasteiger partial charge on any atom is 0.161 e. The summed E-state index contributed by atoms with van der Waals surface area (Å²) in [7, 11) is 0. The first-order valence-electron chi connectivity index (χ1n) is 6.87. The van der Waals surface area contributed by atoms with Crippen molar-refractivity contribution < 1.29 is 9.47 Å². The van der Waals surface area contributed by atoms with Gasteiger partial charge in [0, 0.05) is 6.42 Å². The number of fused-ring (bicyclic) bond motifs is 1. The molecule has 1 aromatic heterocycles. The van der Waals surface area contributed by atoms with Crippen LogP contribution in [0.25, 0.3) is 0 Å². The third kappa shape index (κ3) is 2.60. The third-order valence-electron chi connectivity index (χ3n) is 3.24. The number of hydrogen-bond donors (Lipinski definition) is 2. The number of nitrogens with zero attached hydrogens (tertiary/aromatic N) is 2. The molecule has 0 aliphatic carbocycles. The highest BCUT2D eigenvalue weighted by molar-refractivity contribution is 5.45. The smallest absolute Gasteiger partial charge is 0.161 e. The first-order valence-corrected chi connectivity index (χ1v) is 6.87. The number of nitrogens with one attached hydrogen (secondary N) is 2. The second-order valence-corrected chi connectivity index (χ2v) is 4.64. The molecule has 2 aromatic rings. The van der Waals surface area contributed by atoms with Gasteiger partial charge in [-0.3, -0.25) is 0 Å². The van der Waals surface area contributed by atoms with Gasteiger partial charge in [-0.15, -0.1) is 0 Å². The Morgan fingerprint density at radius 1 is 1.30 bits per heavy atom. The lowest BCUT2D eigenvalue weighted by Gasteiger charge is -2.17. The molecule has 1 unspecified atom stereocenters. The zero-order valence-corrected chi connectivity index (χ0v) is 11.4. The number of H-pyrrole nitrogens is 1. The fraction of sp³-hybridized carbons (Fsp3) is 0.429. The number of aromatic amines is 1. The van der Waals surface area contributed by atoms with Crippen molar-refractivity contribution in [2.24, 2.45) is 0 Å². The Labute approximate surface area is 117 Å². The van der Waals surface area contributed by atoms with Crippen LogP contribution in [0, 0.1) is 0 Å². The Morgan fingerprint density at radius 2 is 2.15 bits per heavy atom. The Hall–Kier alpha value is -2.08. The summed E-state index contributed by atoms with van der Waals surface area (Å²) in [5, 5.41) is 14.1. The van der Waals surface area contributed by atoms with Crippen LogP contribution in [0.15, 0.2) is 24.4 Å². The molecule has 1 atom stereocenters. The SMILES string of the molecule is CCNC(c1ccc2c(c1)OCCCO2)c1cn[nH]n1. The minimum absolute atomic E-state index is 0.00379. The molecule has 2 heterocycles. The lowest BCUT2D eigenvalue weighted by molar-refractivity contribution is 0.297. The van der Waals surface area contributed by atoms with Gasteiger partial charge in [0.2, 0.25) is 0 Å². The Morgan fingerprint density at radius 3 is 2.90 bits per heavy atom. The van der Waals surface area contributed by atoms with E-state index in [4.69, 9.17) is 9.47 Å². The third-order valence-corrected chi connectivity index (χ3v) is 3.24. The van der Waals surface area contributed by atoms with Crippen LogP contribution in [0.5, 0.6) is 11.5 Å². The number of ether oxygens (including phenoxy) is 2. The highest BCUT2D eigenvalue weighted by Gasteiger charge is 2.19. The molecular weight excluding hydrogens is 256 g/mol. The summed E-state index contributed by atoms with van der Waals surface area (Å²) >= 11 is 0. The summed E-state index contributed by atoms with van der Waals surface area (Å²) in [6.07, 6.45) is 2.64. The first kappa shape index (κ1) is 12.9. The average molecular weight is 274 g/mol. The quantitative estimate of drug-likeness (QED) is 0.887. The fourth-order valence-electron chi connectivity index (χ4n) is 2.31. The summed E-state index contributed by atoms with van der Waals surface area (Å²) in [5.41, 5.74) is 1.95. The normalized spacial score (nSPS) is 15.7. The standard InChI is InChI=1S/C14H18N4O2/c1-2-15-14(11-9-16-18-17-11)10-4-5-12-13(8-10)20-7-3-6-19-12/h4-5,8-9,14-15H,2-3,6-7H2,1H3,(H,16,17,18). The molecule has 20 heavy (non-hydrogen) atoms. The molecule has 1 aliphatic heterocycles. The van der Waals surface area contributed by atoms with Crippen LogP contribution in [-0.2, 0) is 0 Å². The highest BCUT2D eigenvalue weighted by Crippen LogP contribution is 2.33. The molecule has 106 valence electrons. The second kappa shape index (κ2) is 5.92. The minimum atomic E-state index is -0.00379. The van der Waals surface area contributed by atoms with Crippen LogP contribution in [0.2, 0.25) is 0 Å². The first-order chi connectivity index (χ1) is 9.88. The molecule has 0 saturated heterocycles. The average Bonchev–Trinajstić information content (AvgIpc) is 2.89. The Kier molecular flexibility index (Phi) is 3.83. The molecule has 6 heteroatoms. The van der Waals surface area contributed by atoms with E-state index in [9.17, 15) is 0 Å².